The topological polar surface area (TPSA) is 85.1 Å². The molecule has 6 heteroatoms. The van der Waals surface area contributed by atoms with Crippen LogP contribution in [0, 0.1) is 10.1 Å². The summed E-state index contributed by atoms with van der Waals surface area (Å²) in [7, 11) is 0. The predicted octanol–water partition coefficient (Wildman–Crippen LogP) is 0.948. The molecule has 68 valence electrons. The van der Waals surface area contributed by atoms with Gasteiger partial charge in [-0.15, -0.1) is 0 Å². The van der Waals surface area contributed by atoms with Crippen molar-refractivity contribution in [2.75, 3.05) is 5.32 Å². The maximum atomic E-state index is 10.6. The molecule has 0 spiro atoms. The molecule has 1 heterocycles. The minimum atomic E-state index is -0.600. The molecule has 0 radical (unpaired) electrons. The number of nitrogens with one attached hydrogen (secondary N) is 1. The van der Waals surface area contributed by atoms with E-state index >= 15 is 0 Å². The van der Waals surface area contributed by atoms with Gasteiger partial charge in [-0.05, 0) is 16.0 Å². The summed E-state index contributed by atoms with van der Waals surface area (Å²) >= 11 is 0. The predicted molar refractivity (Wildman–Crippen MR) is 45.2 cm³/mol. The average molecular weight is 181 g/mol. The van der Waals surface area contributed by atoms with Crippen molar-refractivity contribution in [3.63, 3.8) is 0 Å². The first-order valence-electron chi connectivity index (χ1n) is 3.47. The van der Waals surface area contributed by atoms with Crippen molar-refractivity contribution in [1.29, 1.82) is 0 Å². The van der Waals surface area contributed by atoms with Crippen LogP contribution in [0.15, 0.2) is 18.3 Å². The fourth-order valence-electron chi connectivity index (χ4n) is 0.771. The number of anilines is 1. The van der Waals surface area contributed by atoms with Crippen LogP contribution in [0.3, 0.4) is 0 Å². The number of hydrogen-bond donors (Lipinski definition) is 1. The minimum absolute atomic E-state index is 0.240. The van der Waals surface area contributed by atoms with E-state index in [-0.39, 0.29) is 11.7 Å². The second kappa shape index (κ2) is 3.61. The molecule has 0 aliphatic carbocycles. The SMILES string of the molecule is CC(=O)Nc1ccc([N+](=O)[O-])nc1. The number of carbonyl (C=O) groups is 1. The molecule has 0 atom stereocenters. The molecule has 13 heavy (non-hydrogen) atoms. The summed E-state index contributed by atoms with van der Waals surface area (Å²) in [6.45, 7) is 1.35. The summed E-state index contributed by atoms with van der Waals surface area (Å²) in [5, 5.41) is 12.6. The molecule has 0 aliphatic rings. The maximum absolute atomic E-state index is 10.6. The Morgan fingerprint density at radius 2 is 2.31 bits per heavy atom. The molecule has 0 fully saturated rings. The van der Waals surface area contributed by atoms with Crippen molar-refractivity contribution in [2.24, 2.45) is 0 Å². The van der Waals surface area contributed by atoms with Crippen molar-refractivity contribution in [3.05, 3.63) is 28.4 Å². The Morgan fingerprint density at radius 1 is 1.62 bits per heavy atom. The first-order chi connectivity index (χ1) is 6.09. The highest BCUT2D eigenvalue weighted by Crippen LogP contribution is 2.10. The summed E-state index contributed by atoms with van der Waals surface area (Å²) in [6, 6.07) is 2.65. The Balaban J connectivity index is 2.81. The third kappa shape index (κ3) is 2.51. The van der Waals surface area contributed by atoms with Crippen LogP contribution >= 0.6 is 0 Å². The zero-order chi connectivity index (χ0) is 9.84. The second-order valence-electron chi connectivity index (χ2n) is 2.34. The zero-order valence-corrected chi connectivity index (χ0v) is 6.85. The molecule has 1 aromatic rings. The maximum Gasteiger partial charge on any atom is 0.363 e. The lowest BCUT2D eigenvalue weighted by Gasteiger charge is -1.97. The summed E-state index contributed by atoms with van der Waals surface area (Å²) in [5.74, 6) is -0.482. The van der Waals surface area contributed by atoms with E-state index in [1.54, 1.807) is 0 Å². The van der Waals surface area contributed by atoms with Crippen LogP contribution in [0.1, 0.15) is 6.92 Å². The molecule has 0 saturated heterocycles. The lowest BCUT2D eigenvalue weighted by molar-refractivity contribution is -0.389. The number of pyridine rings is 1. The zero-order valence-electron chi connectivity index (χ0n) is 6.85. The van der Waals surface area contributed by atoms with Gasteiger partial charge in [0, 0.05) is 13.0 Å². The van der Waals surface area contributed by atoms with Crippen molar-refractivity contribution in [2.45, 2.75) is 6.92 Å². The minimum Gasteiger partial charge on any atom is -0.358 e. The van der Waals surface area contributed by atoms with Crippen LogP contribution in [-0.4, -0.2) is 15.8 Å². The van der Waals surface area contributed by atoms with E-state index in [1.165, 1.54) is 25.3 Å². The first-order valence-corrected chi connectivity index (χ1v) is 3.47. The molecule has 0 saturated carbocycles. The molecule has 0 aliphatic heterocycles. The quantitative estimate of drug-likeness (QED) is 0.543. The molecule has 0 aromatic carbocycles. The number of hydrogen-bond acceptors (Lipinski definition) is 4. The van der Waals surface area contributed by atoms with Gasteiger partial charge in [0.1, 0.15) is 0 Å². The molecule has 1 rings (SSSR count). The van der Waals surface area contributed by atoms with Crippen LogP contribution in [0.4, 0.5) is 11.5 Å². The number of aromatic nitrogens is 1. The Morgan fingerprint density at radius 3 is 2.69 bits per heavy atom. The van der Waals surface area contributed by atoms with Gasteiger partial charge in [-0.1, -0.05) is 0 Å². The normalized spacial score (nSPS) is 9.31. The lowest BCUT2D eigenvalue weighted by Crippen LogP contribution is -2.06. The summed E-state index contributed by atoms with van der Waals surface area (Å²) < 4.78 is 0. The van der Waals surface area contributed by atoms with Crippen LogP contribution in [0.25, 0.3) is 0 Å². The number of amides is 1. The summed E-state index contributed by atoms with van der Waals surface area (Å²) in [5.41, 5.74) is 0.443. The number of carbonyl (C=O) groups excluding carboxylic acids is 1. The molecule has 6 nitrogen and oxygen atoms in total. The van der Waals surface area contributed by atoms with Gasteiger partial charge in [-0.2, -0.15) is 0 Å². The van der Waals surface area contributed by atoms with E-state index in [4.69, 9.17) is 0 Å². The van der Waals surface area contributed by atoms with E-state index in [0.29, 0.717) is 5.69 Å². The fraction of sp³-hybridized carbons (Fsp3) is 0.143. The largest absolute Gasteiger partial charge is 0.363 e. The van der Waals surface area contributed by atoms with Gasteiger partial charge in [0.15, 0.2) is 6.20 Å². The molecule has 1 N–H and O–H groups in total. The van der Waals surface area contributed by atoms with Crippen LogP contribution in [-0.2, 0) is 4.79 Å². The smallest absolute Gasteiger partial charge is 0.358 e. The number of rotatable bonds is 2. The Kier molecular flexibility index (Phi) is 2.53. The number of nitro groups is 1. The lowest BCUT2D eigenvalue weighted by atomic mass is 10.4. The summed E-state index contributed by atoms with van der Waals surface area (Å²) in [4.78, 5) is 23.7. The van der Waals surface area contributed by atoms with E-state index in [2.05, 4.69) is 10.3 Å². The standard InChI is InChI=1S/C7H7N3O3/c1-5(11)9-6-2-3-7(8-4-6)10(12)13/h2-4H,1H3,(H,9,11). The van der Waals surface area contributed by atoms with Gasteiger partial charge in [0.2, 0.25) is 5.91 Å². The Bertz CT molecular complexity index is 333. The van der Waals surface area contributed by atoms with Gasteiger partial charge in [-0.25, -0.2) is 0 Å². The molecule has 0 bridgehead atoms. The van der Waals surface area contributed by atoms with Gasteiger partial charge >= 0.3 is 5.82 Å². The highest BCUT2D eigenvalue weighted by Gasteiger charge is 2.06. The van der Waals surface area contributed by atoms with Gasteiger partial charge in [0.05, 0.1) is 5.69 Å². The van der Waals surface area contributed by atoms with Crippen molar-refractivity contribution < 1.29 is 9.72 Å². The van der Waals surface area contributed by atoms with Crippen LogP contribution in [0.2, 0.25) is 0 Å². The van der Waals surface area contributed by atoms with E-state index in [0.717, 1.165) is 0 Å². The Hall–Kier alpha value is -1.98. The van der Waals surface area contributed by atoms with Crippen molar-refractivity contribution in [3.8, 4) is 0 Å². The third-order valence-electron chi connectivity index (χ3n) is 1.26. The van der Waals surface area contributed by atoms with Crippen molar-refractivity contribution in [1.82, 2.24) is 4.98 Å². The fourth-order valence-corrected chi connectivity index (χ4v) is 0.771. The summed E-state index contributed by atoms with van der Waals surface area (Å²) in [6.07, 6.45) is 1.24. The molecule has 1 amide bonds. The van der Waals surface area contributed by atoms with Crippen LogP contribution < -0.4 is 5.32 Å². The van der Waals surface area contributed by atoms with Crippen molar-refractivity contribution >= 4 is 17.4 Å². The Labute approximate surface area is 73.7 Å². The highest BCUT2D eigenvalue weighted by atomic mass is 16.6. The van der Waals surface area contributed by atoms with Crippen LogP contribution in [0.5, 0.6) is 0 Å². The highest BCUT2D eigenvalue weighted by molar-refractivity contribution is 5.88. The molecule has 0 unspecified atom stereocenters. The van der Waals surface area contributed by atoms with Gasteiger partial charge < -0.3 is 15.4 Å². The second-order valence-corrected chi connectivity index (χ2v) is 2.34. The average Bonchev–Trinajstić information content (AvgIpc) is 2.04. The van der Waals surface area contributed by atoms with Gasteiger partial charge in [-0.3, -0.25) is 4.79 Å². The van der Waals surface area contributed by atoms with E-state index in [1.807, 2.05) is 0 Å². The monoisotopic (exact) mass is 181 g/mol. The third-order valence-corrected chi connectivity index (χ3v) is 1.26. The molecular weight excluding hydrogens is 174 g/mol. The van der Waals surface area contributed by atoms with E-state index in [9.17, 15) is 14.9 Å². The number of nitrogens with zero attached hydrogens (tertiary/aromatic N) is 2. The molecule has 1 aromatic heterocycles. The van der Waals surface area contributed by atoms with Gasteiger partial charge in [0.25, 0.3) is 0 Å². The first kappa shape index (κ1) is 9.11. The van der Waals surface area contributed by atoms with E-state index < -0.39 is 4.92 Å². The molecular formula is C7H7N3O3.